The lowest BCUT2D eigenvalue weighted by Crippen LogP contribution is -1.94. The first-order valence-corrected chi connectivity index (χ1v) is 6.36. The Balaban J connectivity index is 2.17. The van der Waals surface area contributed by atoms with E-state index in [1.54, 1.807) is 24.9 Å². The second-order valence-electron chi connectivity index (χ2n) is 3.96. The normalized spacial score (nSPS) is 12.4. The summed E-state index contributed by atoms with van der Waals surface area (Å²) in [4.78, 5) is 6.56. The Kier molecular flexibility index (Phi) is 3.82. The van der Waals surface area contributed by atoms with Gasteiger partial charge in [-0.05, 0) is 37.6 Å². The van der Waals surface area contributed by atoms with Crippen molar-refractivity contribution in [2.75, 3.05) is 0 Å². The maximum absolute atomic E-state index is 9.38. The number of rotatable bonds is 3. The summed E-state index contributed by atoms with van der Waals surface area (Å²) in [7, 11) is 0. The van der Waals surface area contributed by atoms with Gasteiger partial charge in [0.05, 0.1) is 11.8 Å². The van der Waals surface area contributed by atoms with Crippen LogP contribution in [0.5, 0.6) is 0 Å². The van der Waals surface area contributed by atoms with Gasteiger partial charge < -0.3 is 5.11 Å². The first-order chi connectivity index (χ1) is 8.16. The van der Waals surface area contributed by atoms with E-state index in [4.69, 9.17) is 0 Å². The van der Waals surface area contributed by atoms with Crippen LogP contribution < -0.4 is 0 Å². The van der Waals surface area contributed by atoms with Crippen molar-refractivity contribution in [3.8, 4) is 0 Å². The van der Waals surface area contributed by atoms with E-state index >= 15 is 0 Å². The van der Waals surface area contributed by atoms with Crippen LogP contribution in [0, 0.1) is 6.92 Å². The summed E-state index contributed by atoms with van der Waals surface area (Å²) in [6.07, 6.45) is 1.30. The Labute approximate surface area is 106 Å². The summed E-state index contributed by atoms with van der Waals surface area (Å²) >= 11 is 1.69. The van der Waals surface area contributed by atoms with Crippen LogP contribution in [0.15, 0.2) is 52.4 Å². The third kappa shape index (κ3) is 3.08. The largest absolute Gasteiger partial charge is 0.387 e. The average Bonchev–Trinajstić information content (AvgIpc) is 2.33. The van der Waals surface area contributed by atoms with Crippen LogP contribution in [0.3, 0.4) is 0 Å². The van der Waals surface area contributed by atoms with E-state index in [1.165, 1.54) is 10.5 Å². The van der Waals surface area contributed by atoms with E-state index in [2.05, 4.69) is 24.0 Å². The average molecular weight is 245 g/mol. The molecule has 0 bridgehead atoms. The van der Waals surface area contributed by atoms with Gasteiger partial charge in [0.15, 0.2) is 0 Å². The lowest BCUT2D eigenvalue weighted by Gasteiger charge is -2.06. The van der Waals surface area contributed by atoms with Crippen molar-refractivity contribution in [1.82, 2.24) is 4.98 Å². The van der Waals surface area contributed by atoms with Gasteiger partial charge in [-0.2, -0.15) is 0 Å². The van der Waals surface area contributed by atoms with Gasteiger partial charge in [0.2, 0.25) is 0 Å². The molecule has 1 heterocycles. The lowest BCUT2D eigenvalue weighted by atomic mass is 10.2. The van der Waals surface area contributed by atoms with Crippen LogP contribution in [0.4, 0.5) is 0 Å². The number of hydrogen-bond acceptors (Lipinski definition) is 3. The summed E-state index contributed by atoms with van der Waals surface area (Å²) in [6.45, 7) is 3.82. The molecule has 0 saturated carbocycles. The summed E-state index contributed by atoms with van der Waals surface area (Å²) in [5, 5.41) is 9.38. The van der Waals surface area contributed by atoms with Crippen LogP contribution in [0.25, 0.3) is 0 Å². The fourth-order valence-electron chi connectivity index (χ4n) is 1.50. The SMILES string of the molecule is Cc1ccccc1Sc1ccc(C(C)O)nc1. The van der Waals surface area contributed by atoms with Crippen molar-refractivity contribution in [2.24, 2.45) is 0 Å². The molecular formula is C14H15NOS. The Hall–Kier alpha value is -1.32. The Bertz CT molecular complexity index is 494. The summed E-state index contributed by atoms with van der Waals surface area (Å²) in [6, 6.07) is 12.1. The minimum Gasteiger partial charge on any atom is -0.387 e. The zero-order valence-electron chi connectivity index (χ0n) is 9.92. The number of nitrogens with zero attached hydrogens (tertiary/aromatic N) is 1. The highest BCUT2D eigenvalue weighted by Gasteiger charge is 2.04. The molecule has 0 aliphatic heterocycles. The van der Waals surface area contributed by atoms with Crippen molar-refractivity contribution in [3.63, 3.8) is 0 Å². The van der Waals surface area contributed by atoms with Crippen molar-refractivity contribution in [3.05, 3.63) is 53.9 Å². The Morgan fingerprint density at radius 1 is 1.18 bits per heavy atom. The molecule has 0 radical (unpaired) electrons. The minimum atomic E-state index is -0.507. The zero-order chi connectivity index (χ0) is 12.3. The zero-order valence-corrected chi connectivity index (χ0v) is 10.7. The van der Waals surface area contributed by atoms with Crippen molar-refractivity contribution < 1.29 is 5.11 Å². The number of aliphatic hydroxyl groups is 1. The molecule has 0 saturated heterocycles. The number of aryl methyl sites for hydroxylation is 1. The first-order valence-electron chi connectivity index (χ1n) is 5.54. The van der Waals surface area contributed by atoms with Crippen LogP contribution >= 0.6 is 11.8 Å². The molecule has 88 valence electrons. The molecule has 1 N–H and O–H groups in total. The molecule has 2 nitrogen and oxygen atoms in total. The van der Waals surface area contributed by atoms with Crippen molar-refractivity contribution in [1.29, 1.82) is 0 Å². The smallest absolute Gasteiger partial charge is 0.0931 e. The van der Waals surface area contributed by atoms with E-state index in [1.807, 2.05) is 24.3 Å². The Morgan fingerprint density at radius 2 is 1.94 bits per heavy atom. The highest BCUT2D eigenvalue weighted by molar-refractivity contribution is 7.99. The third-order valence-electron chi connectivity index (χ3n) is 2.51. The molecule has 17 heavy (non-hydrogen) atoms. The molecule has 3 heteroatoms. The van der Waals surface area contributed by atoms with Crippen LogP contribution in [-0.4, -0.2) is 10.1 Å². The molecule has 1 aromatic heterocycles. The summed E-state index contributed by atoms with van der Waals surface area (Å²) in [5.74, 6) is 0. The van der Waals surface area contributed by atoms with Gasteiger partial charge in [-0.25, -0.2) is 0 Å². The predicted molar refractivity (Wildman–Crippen MR) is 70.2 cm³/mol. The van der Waals surface area contributed by atoms with Gasteiger partial charge in [-0.15, -0.1) is 0 Å². The molecule has 0 aliphatic rings. The molecule has 2 aromatic rings. The molecule has 1 aromatic carbocycles. The fraction of sp³-hybridized carbons (Fsp3) is 0.214. The molecule has 1 unspecified atom stereocenters. The molecule has 0 fully saturated rings. The maximum Gasteiger partial charge on any atom is 0.0931 e. The van der Waals surface area contributed by atoms with Gasteiger partial charge in [0, 0.05) is 16.0 Å². The highest BCUT2D eigenvalue weighted by Crippen LogP contribution is 2.29. The van der Waals surface area contributed by atoms with Crippen LogP contribution in [0.2, 0.25) is 0 Å². The topological polar surface area (TPSA) is 33.1 Å². The molecule has 0 amide bonds. The summed E-state index contributed by atoms with van der Waals surface area (Å²) < 4.78 is 0. The lowest BCUT2D eigenvalue weighted by molar-refractivity contribution is 0.194. The number of pyridine rings is 1. The van der Waals surface area contributed by atoms with Crippen LogP contribution in [-0.2, 0) is 0 Å². The molecule has 0 aliphatic carbocycles. The maximum atomic E-state index is 9.38. The van der Waals surface area contributed by atoms with E-state index < -0.39 is 6.10 Å². The van der Waals surface area contributed by atoms with Gasteiger partial charge in [-0.3, -0.25) is 4.98 Å². The van der Waals surface area contributed by atoms with E-state index in [0.717, 1.165) is 4.90 Å². The fourth-order valence-corrected chi connectivity index (χ4v) is 2.37. The second kappa shape index (κ2) is 5.34. The summed E-state index contributed by atoms with van der Waals surface area (Å²) in [5.41, 5.74) is 1.97. The van der Waals surface area contributed by atoms with Crippen LogP contribution in [0.1, 0.15) is 24.3 Å². The minimum absolute atomic E-state index is 0.507. The van der Waals surface area contributed by atoms with Crippen molar-refractivity contribution in [2.45, 2.75) is 29.7 Å². The monoisotopic (exact) mass is 245 g/mol. The third-order valence-corrected chi connectivity index (χ3v) is 3.66. The molecule has 2 rings (SSSR count). The van der Waals surface area contributed by atoms with Gasteiger partial charge >= 0.3 is 0 Å². The number of aliphatic hydroxyl groups excluding tert-OH is 1. The molecular weight excluding hydrogens is 230 g/mol. The number of aromatic nitrogens is 1. The first kappa shape index (κ1) is 12.1. The van der Waals surface area contributed by atoms with E-state index in [9.17, 15) is 5.11 Å². The molecule has 0 spiro atoms. The standard InChI is InChI=1S/C14H15NOS/c1-10-5-3-4-6-14(10)17-12-7-8-13(11(2)16)15-9-12/h3-9,11,16H,1-2H3. The van der Waals surface area contributed by atoms with Gasteiger partial charge in [0.1, 0.15) is 0 Å². The number of benzene rings is 1. The quantitative estimate of drug-likeness (QED) is 0.897. The second-order valence-corrected chi connectivity index (χ2v) is 5.08. The molecule has 1 atom stereocenters. The van der Waals surface area contributed by atoms with E-state index in [0.29, 0.717) is 5.69 Å². The number of hydrogen-bond donors (Lipinski definition) is 1. The predicted octanol–water partition coefficient (Wildman–Crippen LogP) is 3.59. The van der Waals surface area contributed by atoms with Gasteiger partial charge in [0.25, 0.3) is 0 Å². The van der Waals surface area contributed by atoms with Gasteiger partial charge in [-0.1, -0.05) is 30.0 Å². The van der Waals surface area contributed by atoms with Crippen molar-refractivity contribution >= 4 is 11.8 Å². The Morgan fingerprint density at radius 3 is 2.53 bits per heavy atom. The van der Waals surface area contributed by atoms with E-state index in [-0.39, 0.29) is 0 Å². The highest BCUT2D eigenvalue weighted by atomic mass is 32.2.